The Morgan fingerprint density at radius 3 is 2.36 bits per heavy atom. The standard InChI is InChI=1S/C19H27ClN2O3/c1-4-25-19(24)22-11-9-16(10-12-22)21-18(23)17(13(2)3)14-5-7-15(20)8-6-14/h5-8,13,16-17H,4,9-12H2,1-3H3,(H,21,23). The maximum atomic E-state index is 12.8. The summed E-state index contributed by atoms with van der Waals surface area (Å²) in [6, 6.07) is 7.55. The minimum Gasteiger partial charge on any atom is -0.450 e. The number of amides is 2. The molecule has 1 N–H and O–H groups in total. The van der Waals surface area contributed by atoms with E-state index in [1.165, 1.54) is 0 Å². The molecule has 0 bridgehead atoms. The first-order chi connectivity index (χ1) is 11.9. The maximum Gasteiger partial charge on any atom is 0.409 e. The quantitative estimate of drug-likeness (QED) is 0.861. The zero-order valence-electron chi connectivity index (χ0n) is 15.1. The molecule has 0 radical (unpaired) electrons. The second-order valence-corrected chi connectivity index (χ2v) is 7.18. The molecule has 1 aromatic carbocycles. The van der Waals surface area contributed by atoms with Crippen molar-refractivity contribution in [3.63, 3.8) is 0 Å². The number of nitrogens with one attached hydrogen (secondary N) is 1. The van der Waals surface area contributed by atoms with Gasteiger partial charge in [0.05, 0.1) is 12.5 Å². The fourth-order valence-electron chi connectivity index (χ4n) is 3.22. The molecule has 0 saturated carbocycles. The van der Waals surface area contributed by atoms with Gasteiger partial charge in [-0.25, -0.2) is 4.79 Å². The Bertz CT molecular complexity index is 581. The van der Waals surface area contributed by atoms with Crippen LogP contribution in [0, 0.1) is 5.92 Å². The van der Waals surface area contributed by atoms with Crippen LogP contribution >= 0.6 is 11.6 Å². The van der Waals surface area contributed by atoms with Gasteiger partial charge in [0.15, 0.2) is 0 Å². The summed E-state index contributed by atoms with van der Waals surface area (Å²) in [5.41, 5.74) is 0.973. The predicted octanol–water partition coefficient (Wildman–Crippen LogP) is 3.82. The molecule has 1 aromatic rings. The molecule has 1 atom stereocenters. The van der Waals surface area contributed by atoms with Crippen LogP contribution in [0.1, 0.15) is 45.1 Å². The van der Waals surface area contributed by atoms with Gasteiger partial charge in [-0.1, -0.05) is 37.6 Å². The van der Waals surface area contributed by atoms with Gasteiger partial charge in [-0.05, 0) is 43.4 Å². The van der Waals surface area contributed by atoms with E-state index in [2.05, 4.69) is 5.32 Å². The van der Waals surface area contributed by atoms with Crippen LogP contribution in [-0.2, 0) is 9.53 Å². The SMILES string of the molecule is CCOC(=O)N1CCC(NC(=O)C(c2ccc(Cl)cc2)C(C)C)CC1. The number of hydrogen-bond donors (Lipinski definition) is 1. The van der Waals surface area contributed by atoms with Crippen LogP contribution in [0.4, 0.5) is 4.79 Å². The Kier molecular flexibility index (Phi) is 7.12. The minimum atomic E-state index is -0.270. The van der Waals surface area contributed by atoms with E-state index >= 15 is 0 Å². The lowest BCUT2D eigenvalue weighted by molar-refractivity contribution is -0.124. The second kappa shape index (κ2) is 9.09. The Balaban J connectivity index is 1.94. The number of carbonyl (C=O) groups excluding carboxylic acids is 2. The van der Waals surface area contributed by atoms with Gasteiger partial charge in [-0.3, -0.25) is 4.79 Å². The molecule has 2 amide bonds. The molecule has 0 aliphatic carbocycles. The normalized spacial score (nSPS) is 16.6. The molecule has 138 valence electrons. The van der Waals surface area contributed by atoms with Crippen molar-refractivity contribution in [2.75, 3.05) is 19.7 Å². The van der Waals surface area contributed by atoms with Crippen molar-refractivity contribution < 1.29 is 14.3 Å². The zero-order valence-corrected chi connectivity index (χ0v) is 15.9. The van der Waals surface area contributed by atoms with Crippen LogP contribution in [0.2, 0.25) is 5.02 Å². The van der Waals surface area contributed by atoms with Crippen LogP contribution in [0.15, 0.2) is 24.3 Å². The highest BCUT2D eigenvalue weighted by molar-refractivity contribution is 6.30. The average molecular weight is 367 g/mol. The van der Waals surface area contributed by atoms with E-state index in [0.717, 1.165) is 18.4 Å². The molecule has 2 rings (SSSR count). The monoisotopic (exact) mass is 366 g/mol. The van der Waals surface area contributed by atoms with Crippen molar-refractivity contribution in [1.82, 2.24) is 10.2 Å². The number of benzene rings is 1. The van der Waals surface area contributed by atoms with Crippen molar-refractivity contribution in [2.45, 2.75) is 45.6 Å². The molecule has 1 aliphatic rings. The molecule has 5 nitrogen and oxygen atoms in total. The van der Waals surface area contributed by atoms with Crippen LogP contribution in [-0.4, -0.2) is 42.6 Å². The summed E-state index contributed by atoms with van der Waals surface area (Å²) in [4.78, 5) is 26.2. The molecule has 25 heavy (non-hydrogen) atoms. The van der Waals surface area contributed by atoms with E-state index in [1.54, 1.807) is 11.8 Å². The largest absolute Gasteiger partial charge is 0.450 e. The lowest BCUT2D eigenvalue weighted by Crippen LogP contribution is -2.48. The van der Waals surface area contributed by atoms with Gasteiger partial charge in [0, 0.05) is 24.2 Å². The van der Waals surface area contributed by atoms with Gasteiger partial charge in [-0.2, -0.15) is 0 Å². The van der Waals surface area contributed by atoms with Gasteiger partial charge < -0.3 is 15.0 Å². The first kappa shape index (κ1) is 19.6. The highest BCUT2D eigenvalue weighted by atomic mass is 35.5. The number of hydrogen-bond acceptors (Lipinski definition) is 3. The van der Waals surface area contributed by atoms with E-state index in [9.17, 15) is 9.59 Å². The molecule has 0 spiro atoms. The van der Waals surface area contributed by atoms with Gasteiger partial charge >= 0.3 is 6.09 Å². The van der Waals surface area contributed by atoms with Crippen molar-refractivity contribution in [3.8, 4) is 0 Å². The molecule has 1 saturated heterocycles. The summed E-state index contributed by atoms with van der Waals surface area (Å²) in [5.74, 6) is 0.00746. The fraction of sp³-hybridized carbons (Fsp3) is 0.579. The van der Waals surface area contributed by atoms with Crippen molar-refractivity contribution in [2.24, 2.45) is 5.92 Å². The Morgan fingerprint density at radius 2 is 1.84 bits per heavy atom. The van der Waals surface area contributed by atoms with E-state index < -0.39 is 0 Å². The predicted molar refractivity (Wildman–Crippen MR) is 98.8 cm³/mol. The molecule has 0 aromatic heterocycles. The Hall–Kier alpha value is -1.75. The van der Waals surface area contributed by atoms with E-state index in [4.69, 9.17) is 16.3 Å². The summed E-state index contributed by atoms with van der Waals surface area (Å²) in [6.07, 6.45) is 1.22. The molecular weight excluding hydrogens is 340 g/mol. The summed E-state index contributed by atoms with van der Waals surface area (Å²) in [7, 11) is 0. The summed E-state index contributed by atoms with van der Waals surface area (Å²) in [5, 5.41) is 3.82. The lowest BCUT2D eigenvalue weighted by Gasteiger charge is -2.33. The molecule has 6 heteroatoms. The highest BCUT2D eigenvalue weighted by Crippen LogP contribution is 2.26. The number of ether oxygens (including phenoxy) is 1. The van der Waals surface area contributed by atoms with Gasteiger partial charge in [0.1, 0.15) is 0 Å². The average Bonchev–Trinajstić information content (AvgIpc) is 2.57. The van der Waals surface area contributed by atoms with E-state index in [0.29, 0.717) is 24.7 Å². The van der Waals surface area contributed by atoms with Gasteiger partial charge in [-0.15, -0.1) is 0 Å². The van der Waals surface area contributed by atoms with Crippen molar-refractivity contribution in [1.29, 1.82) is 0 Å². The first-order valence-electron chi connectivity index (χ1n) is 8.90. The molecule has 1 heterocycles. The lowest BCUT2D eigenvalue weighted by atomic mass is 9.87. The van der Waals surface area contributed by atoms with Crippen molar-refractivity contribution in [3.05, 3.63) is 34.9 Å². The third-order valence-electron chi connectivity index (χ3n) is 4.55. The molecule has 1 fully saturated rings. The minimum absolute atomic E-state index is 0.0342. The van der Waals surface area contributed by atoms with Crippen LogP contribution in [0.3, 0.4) is 0 Å². The van der Waals surface area contributed by atoms with E-state index in [1.807, 2.05) is 38.1 Å². The van der Waals surface area contributed by atoms with Gasteiger partial charge in [0.2, 0.25) is 5.91 Å². The number of nitrogens with zero attached hydrogens (tertiary/aromatic N) is 1. The number of piperidine rings is 1. The smallest absolute Gasteiger partial charge is 0.409 e. The van der Waals surface area contributed by atoms with Crippen LogP contribution in [0.25, 0.3) is 0 Å². The highest BCUT2D eigenvalue weighted by Gasteiger charge is 2.29. The molecule has 1 aliphatic heterocycles. The number of halogens is 1. The maximum absolute atomic E-state index is 12.8. The first-order valence-corrected chi connectivity index (χ1v) is 9.27. The fourth-order valence-corrected chi connectivity index (χ4v) is 3.35. The summed E-state index contributed by atoms with van der Waals surface area (Å²) < 4.78 is 5.02. The second-order valence-electron chi connectivity index (χ2n) is 6.74. The zero-order chi connectivity index (χ0) is 18.4. The third-order valence-corrected chi connectivity index (χ3v) is 4.80. The number of carbonyl (C=O) groups is 2. The number of likely N-dealkylation sites (tertiary alicyclic amines) is 1. The Labute approximate surface area is 154 Å². The topological polar surface area (TPSA) is 58.6 Å². The Morgan fingerprint density at radius 1 is 1.24 bits per heavy atom. The van der Waals surface area contributed by atoms with Crippen LogP contribution in [0.5, 0.6) is 0 Å². The van der Waals surface area contributed by atoms with Crippen LogP contribution < -0.4 is 5.32 Å². The summed E-state index contributed by atoms with van der Waals surface area (Å²) >= 11 is 5.95. The van der Waals surface area contributed by atoms with Gasteiger partial charge in [0.25, 0.3) is 0 Å². The molecular formula is C19H27ClN2O3. The number of rotatable bonds is 5. The van der Waals surface area contributed by atoms with Crippen molar-refractivity contribution >= 4 is 23.6 Å². The third kappa shape index (κ3) is 5.36. The van der Waals surface area contributed by atoms with E-state index in [-0.39, 0.29) is 29.9 Å². The summed E-state index contributed by atoms with van der Waals surface area (Å²) in [6.45, 7) is 7.49. The molecule has 1 unspecified atom stereocenters.